The van der Waals surface area contributed by atoms with Crippen LogP contribution in [0, 0.1) is 0 Å². The largest absolute Gasteiger partial charge is 0.497 e. The Morgan fingerprint density at radius 3 is 2.76 bits per heavy atom. The third kappa shape index (κ3) is 2.86. The highest BCUT2D eigenvalue weighted by molar-refractivity contribution is 5.93. The van der Waals surface area contributed by atoms with Crippen LogP contribution in [0.15, 0.2) is 54.7 Å². The minimum atomic E-state index is -0.186. The van der Waals surface area contributed by atoms with Crippen LogP contribution in [0.3, 0.4) is 0 Å². The Morgan fingerprint density at radius 1 is 1.24 bits per heavy atom. The Morgan fingerprint density at radius 2 is 2.05 bits per heavy atom. The molecular formula is C16H15N3O2. The van der Waals surface area contributed by atoms with Crippen molar-refractivity contribution >= 4 is 11.4 Å². The average molecular weight is 281 g/mol. The first-order valence-electron chi connectivity index (χ1n) is 6.62. The molecule has 0 unspecified atom stereocenters. The predicted octanol–water partition coefficient (Wildman–Crippen LogP) is 2.27. The summed E-state index contributed by atoms with van der Waals surface area (Å²) in [6, 6.07) is 15.0. The maximum Gasteiger partial charge on any atom is 0.272 e. The number of ether oxygens (including phenoxy) is 1. The molecule has 21 heavy (non-hydrogen) atoms. The SMILES string of the molecule is COc1ccc(CNC(=O)c2cc3ccccn3n2)cc1. The zero-order valence-electron chi connectivity index (χ0n) is 11.6. The van der Waals surface area contributed by atoms with Gasteiger partial charge in [-0.05, 0) is 35.9 Å². The van der Waals surface area contributed by atoms with Gasteiger partial charge < -0.3 is 10.1 Å². The topological polar surface area (TPSA) is 55.6 Å². The van der Waals surface area contributed by atoms with Gasteiger partial charge in [0.05, 0.1) is 12.6 Å². The number of fused-ring (bicyclic) bond motifs is 1. The molecule has 3 rings (SSSR count). The van der Waals surface area contributed by atoms with Gasteiger partial charge in [0.2, 0.25) is 0 Å². The Labute approximate surface area is 122 Å². The third-order valence-corrected chi connectivity index (χ3v) is 3.21. The van der Waals surface area contributed by atoms with Crippen LogP contribution >= 0.6 is 0 Å². The number of rotatable bonds is 4. The van der Waals surface area contributed by atoms with E-state index < -0.39 is 0 Å². The molecule has 1 aromatic carbocycles. The molecule has 5 nitrogen and oxygen atoms in total. The second-order valence-corrected chi connectivity index (χ2v) is 4.63. The standard InChI is InChI=1S/C16H15N3O2/c1-21-14-7-5-12(6-8-14)11-17-16(20)15-10-13-4-2-3-9-19(13)18-15/h2-10H,11H2,1H3,(H,17,20). The third-order valence-electron chi connectivity index (χ3n) is 3.21. The van der Waals surface area contributed by atoms with Gasteiger partial charge in [0.25, 0.3) is 5.91 Å². The number of benzene rings is 1. The summed E-state index contributed by atoms with van der Waals surface area (Å²) >= 11 is 0. The van der Waals surface area contributed by atoms with Gasteiger partial charge in [-0.25, -0.2) is 4.52 Å². The van der Waals surface area contributed by atoms with Crippen LogP contribution in [-0.4, -0.2) is 22.6 Å². The predicted molar refractivity (Wildman–Crippen MR) is 79.4 cm³/mol. The number of aromatic nitrogens is 2. The number of methoxy groups -OCH3 is 1. The van der Waals surface area contributed by atoms with Crippen LogP contribution in [0.1, 0.15) is 16.1 Å². The van der Waals surface area contributed by atoms with E-state index in [0.717, 1.165) is 16.8 Å². The van der Waals surface area contributed by atoms with Crippen molar-refractivity contribution in [2.45, 2.75) is 6.54 Å². The fraction of sp³-hybridized carbons (Fsp3) is 0.125. The van der Waals surface area contributed by atoms with Gasteiger partial charge in [0, 0.05) is 12.7 Å². The van der Waals surface area contributed by atoms with E-state index in [2.05, 4.69) is 10.4 Å². The number of pyridine rings is 1. The van der Waals surface area contributed by atoms with Gasteiger partial charge in [0.15, 0.2) is 5.69 Å². The van der Waals surface area contributed by atoms with E-state index in [0.29, 0.717) is 12.2 Å². The Kier molecular flexibility index (Phi) is 3.55. The van der Waals surface area contributed by atoms with Crippen molar-refractivity contribution in [2.75, 3.05) is 7.11 Å². The van der Waals surface area contributed by atoms with Crippen molar-refractivity contribution in [3.63, 3.8) is 0 Å². The molecule has 0 atom stereocenters. The molecule has 2 heterocycles. The summed E-state index contributed by atoms with van der Waals surface area (Å²) < 4.78 is 6.78. The van der Waals surface area contributed by atoms with Crippen molar-refractivity contribution in [1.29, 1.82) is 0 Å². The number of hydrogen-bond donors (Lipinski definition) is 1. The lowest BCUT2D eigenvalue weighted by molar-refractivity contribution is 0.0945. The molecule has 0 saturated heterocycles. The minimum Gasteiger partial charge on any atom is -0.497 e. The highest BCUT2D eigenvalue weighted by atomic mass is 16.5. The van der Waals surface area contributed by atoms with Gasteiger partial charge in [-0.3, -0.25) is 4.79 Å². The molecule has 0 fully saturated rings. The molecule has 1 N–H and O–H groups in total. The first-order chi connectivity index (χ1) is 10.3. The zero-order chi connectivity index (χ0) is 14.7. The van der Waals surface area contributed by atoms with Crippen molar-refractivity contribution in [3.05, 3.63) is 66.0 Å². The summed E-state index contributed by atoms with van der Waals surface area (Å²) in [5.41, 5.74) is 2.31. The molecule has 5 heteroatoms. The fourth-order valence-corrected chi connectivity index (χ4v) is 2.07. The molecule has 0 saturated carbocycles. The van der Waals surface area contributed by atoms with Gasteiger partial charge >= 0.3 is 0 Å². The lowest BCUT2D eigenvalue weighted by Crippen LogP contribution is -2.23. The van der Waals surface area contributed by atoms with E-state index in [1.807, 2.05) is 48.7 Å². The van der Waals surface area contributed by atoms with Crippen molar-refractivity contribution in [1.82, 2.24) is 14.9 Å². The smallest absolute Gasteiger partial charge is 0.272 e. The summed E-state index contributed by atoms with van der Waals surface area (Å²) in [6.45, 7) is 0.455. The summed E-state index contributed by atoms with van der Waals surface area (Å²) in [4.78, 5) is 12.1. The van der Waals surface area contributed by atoms with Gasteiger partial charge in [-0.1, -0.05) is 18.2 Å². The molecule has 0 aliphatic rings. The Hall–Kier alpha value is -2.82. The molecule has 1 amide bonds. The van der Waals surface area contributed by atoms with Crippen molar-refractivity contribution in [3.8, 4) is 5.75 Å². The normalized spacial score (nSPS) is 10.5. The van der Waals surface area contributed by atoms with E-state index in [9.17, 15) is 4.79 Å². The second-order valence-electron chi connectivity index (χ2n) is 4.63. The first kappa shape index (κ1) is 13.2. The molecule has 3 aromatic rings. The van der Waals surface area contributed by atoms with Crippen LogP contribution in [-0.2, 0) is 6.54 Å². The number of carbonyl (C=O) groups is 1. The molecule has 2 aromatic heterocycles. The fourth-order valence-electron chi connectivity index (χ4n) is 2.07. The van der Waals surface area contributed by atoms with Crippen LogP contribution in [0.4, 0.5) is 0 Å². The molecule has 0 radical (unpaired) electrons. The van der Waals surface area contributed by atoms with Crippen molar-refractivity contribution < 1.29 is 9.53 Å². The summed E-state index contributed by atoms with van der Waals surface area (Å²) in [5.74, 6) is 0.611. The molecule has 0 aliphatic heterocycles. The maximum absolute atomic E-state index is 12.1. The number of amides is 1. The van der Waals surface area contributed by atoms with E-state index in [1.165, 1.54) is 0 Å². The molecule has 0 bridgehead atoms. The zero-order valence-corrected chi connectivity index (χ0v) is 11.6. The summed E-state index contributed by atoms with van der Waals surface area (Å²) in [7, 11) is 1.63. The monoisotopic (exact) mass is 281 g/mol. The Bertz CT molecular complexity index is 730. The maximum atomic E-state index is 12.1. The van der Waals surface area contributed by atoms with Crippen LogP contribution in [0.2, 0.25) is 0 Å². The molecule has 0 aliphatic carbocycles. The quantitative estimate of drug-likeness (QED) is 0.798. The van der Waals surface area contributed by atoms with E-state index in [1.54, 1.807) is 17.7 Å². The van der Waals surface area contributed by atoms with Crippen LogP contribution < -0.4 is 10.1 Å². The lowest BCUT2D eigenvalue weighted by Gasteiger charge is -2.04. The van der Waals surface area contributed by atoms with Gasteiger partial charge in [-0.2, -0.15) is 5.10 Å². The summed E-state index contributed by atoms with van der Waals surface area (Å²) in [5, 5.41) is 7.10. The first-order valence-corrected chi connectivity index (χ1v) is 6.62. The van der Waals surface area contributed by atoms with E-state index in [-0.39, 0.29) is 5.91 Å². The number of nitrogens with zero attached hydrogens (tertiary/aromatic N) is 2. The second kappa shape index (κ2) is 5.66. The summed E-state index contributed by atoms with van der Waals surface area (Å²) in [6.07, 6.45) is 1.82. The highest BCUT2D eigenvalue weighted by Crippen LogP contribution is 2.11. The van der Waals surface area contributed by atoms with Crippen LogP contribution in [0.25, 0.3) is 5.52 Å². The number of nitrogens with one attached hydrogen (secondary N) is 1. The van der Waals surface area contributed by atoms with Crippen LogP contribution in [0.5, 0.6) is 5.75 Å². The number of hydrogen-bond acceptors (Lipinski definition) is 3. The van der Waals surface area contributed by atoms with E-state index >= 15 is 0 Å². The minimum absolute atomic E-state index is 0.186. The Balaban J connectivity index is 1.68. The average Bonchev–Trinajstić information content (AvgIpc) is 2.97. The molecule has 0 spiro atoms. The number of carbonyl (C=O) groups excluding carboxylic acids is 1. The molecule has 106 valence electrons. The lowest BCUT2D eigenvalue weighted by atomic mass is 10.2. The van der Waals surface area contributed by atoms with Crippen molar-refractivity contribution in [2.24, 2.45) is 0 Å². The van der Waals surface area contributed by atoms with Gasteiger partial charge in [-0.15, -0.1) is 0 Å². The highest BCUT2D eigenvalue weighted by Gasteiger charge is 2.10. The molecular weight excluding hydrogens is 266 g/mol. The van der Waals surface area contributed by atoms with E-state index in [4.69, 9.17) is 4.74 Å². The van der Waals surface area contributed by atoms with Gasteiger partial charge in [0.1, 0.15) is 5.75 Å².